The first-order valence-electron chi connectivity index (χ1n) is 4.43. The molecule has 1 amide bonds. The molecule has 4 heteroatoms. The maximum absolute atomic E-state index is 11.0. The Balaban J connectivity index is 2.46. The van der Waals surface area contributed by atoms with E-state index in [2.05, 4.69) is 9.97 Å². The Kier molecular flexibility index (Phi) is 2.41. The van der Waals surface area contributed by atoms with E-state index in [1.54, 1.807) is 30.7 Å². The fourth-order valence-electron chi connectivity index (χ4n) is 1.26. The summed E-state index contributed by atoms with van der Waals surface area (Å²) >= 11 is 0. The van der Waals surface area contributed by atoms with Gasteiger partial charge in [-0.2, -0.15) is 0 Å². The van der Waals surface area contributed by atoms with Gasteiger partial charge in [0.05, 0.1) is 5.69 Å². The summed E-state index contributed by atoms with van der Waals surface area (Å²) in [5.74, 6) is -0.456. The topological polar surface area (TPSA) is 68.9 Å². The first-order valence-corrected chi connectivity index (χ1v) is 4.43. The van der Waals surface area contributed by atoms with Gasteiger partial charge in [0.25, 0.3) is 0 Å². The lowest BCUT2D eigenvalue weighted by Gasteiger charge is -2.00. The van der Waals surface area contributed by atoms with E-state index in [1.165, 1.54) is 0 Å². The van der Waals surface area contributed by atoms with Gasteiger partial charge in [0.2, 0.25) is 5.91 Å². The van der Waals surface area contributed by atoms with Crippen LogP contribution in [0.15, 0.2) is 42.9 Å². The smallest absolute Gasteiger partial charge is 0.248 e. The largest absolute Gasteiger partial charge is 0.366 e. The monoisotopic (exact) mass is 199 g/mol. The molecule has 0 saturated carbocycles. The molecule has 0 fully saturated rings. The first-order chi connectivity index (χ1) is 7.27. The average Bonchev–Trinajstić information content (AvgIpc) is 2.30. The minimum Gasteiger partial charge on any atom is -0.366 e. The second-order valence-electron chi connectivity index (χ2n) is 3.04. The fraction of sp³-hybridized carbons (Fsp3) is 0. The highest BCUT2D eigenvalue weighted by Crippen LogP contribution is 2.15. The number of rotatable bonds is 2. The molecule has 74 valence electrons. The zero-order valence-electron chi connectivity index (χ0n) is 7.92. The lowest BCUT2D eigenvalue weighted by molar-refractivity contribution is 0.1000. The molecule has 15 heavy (non-hydrogen) atoms. The van der Waals surface area contributed by atoms with Crippen LogP contribution in [0.25, 0.3) is 11.3 Å². The predicted molar refractivity (Wildman–Crippen MR) is 56.0 cm³/mol. The molecule has 0 aliphatic carbocycles. The van der Waals surface area contributed by atoms with E-state index >= 15 is 0 Å². The molecule has 2 heterocycles. The molecule has 0 unspecified atom stereocenters. The van der Waals surface area contributed by atoms with Gasteiger partial charge in [-0.15, -0.1) is 0 Å². The Hall–Kier alpha value is -2.23. The van der Waals surface area contributed by atoms with Gasteiger partial charge < -0.3 is 5.73 Å². The van der Waals surface area contributed by atoms with Crippen LogP contribution >= 0.6 is 0 Å². The van der Waals surface area contributed by atoms with E-state index in [-0.39, 0.29) is 0 Å². The van der Waals surface area contributed by atoms with Gasteiger partial charge >= 0.3 is 0 Å². The van der Waals surface area contributed by atoms with E-state index in [4.69, 9.17) is 5.73 Å². The first kappa shape index (κ1) is 9.33. The second kappa shape index (κ2) is 3.88. The number of hydrogen-bond donors (Lipinski definition) is 1. The maximum atomic E-state index is 11.0. The highest BCUT2D eigenvalue weighted by Gasteiger charge is 2.03. The van der Waals surface area contributed by atoms with E-state index in [9.17, 15) is 4.79 Å². The standard InChI is InChI=1S/C11H9N3O/c12-11(15)8-3-5-14-10(6-8)9-2-1-4-13-7-9/h1-7H,(H2,12,15). The van der Waals surface area contributed by atoms with Gasteiger partial charge in [-0.3, -0.25) is 14.8 Å². The summed E-state index contributed by atoms with van der Waals surface area (Å²) in [6.07, 6.45) is 4.93. The number of carbonyl (C=O) groups is 1. The molecule has 0 spiro atoms. The van der Waals surface area contributed by atoms with Gasteiger partial charge in [-0.05, 0) is 24.3 Å². The van der Waals surface area contributed by atoms with Gasteiger partial charge in [0, 0.05) is 29.7 Å². The number of nitrogens with zero attached hydrogens (tertiary/aromatic N) is 2. The van der Waals surface area contributed by atoms with Crippen molar-refractivity contribution in [2.45, 2.75) is 0 Å². The van der Waals surface area contributed by atoms with E-state index in [0.29, 0.717) is 11.3 Å². The zero-order valence-corrected chi connectivity index (χ0v) is 7.92. The molecule has 2 N–H and O–H groups in total. The molecule has 0 aromatic carbocycles. The number of nitrogens with two attached hydrogens (primary N) is 1. The molecule has 2 aromatic rings. The average molecular weight is 199 g/mol. The summed E-state index contributed by atoms with van der Waals surface area (Å²) in [7, 11) is 0. The summed E-state index contributed by atoms with van der Waals surface area (Å²) in [6, 6.07) is 6.93. The Morgan fingerprint density at radius 2 is 2.13 bits per heavy atom. The summed E-state index contributed by atoms with van der Waals surface area (Å²) in [4.78, 5) is 19.1. The van der Waals surface area contributed by atoms with Gasteiger partial charge in [0.15, 0.2) is 0 Å². The van der Waals surface area contributed by atoms with Crippen LogP contribution in [0.4, 0.5) is 0 Å². The molecule has 0 bridgehead atoms. The number of pyridine rings is 2. The molecular weight excluding hydrogens is 190 g/mol. The van der Waals surface area contributed by atoms with Gasteiger partial charge in [-0.1, -0.05) is 0 Å². The van der Waals surface area contributed by atoms with Crippen LogP contribution in [0, 0.1) is 0 Å². The van der Waals surface area contributed by atoms with Crippen molar-refractivity contribution in [3.8, 4) is 11.3 Å². The Labute approximate surface area is 86.8 Å². The summed E-state index contributed by atoms with van der Waals surface area (Å²) in [5.41, 5.74) is 7.18. The third-order valence-electron chi connectivity index (χ3n) is 2.00. The minimum atomic E-state index is -0.456. The quantitative estimate of drug-likeness (QED) is 0.791. The number of primary amides is 1. The van der Waals surface area contributed by atoms with Crippen molar-refractivity contribution in [3.05, 3.63) is 48.4 Å². The number of aromatic nitrogens is 2. The maximum Gasteiger partial charge on any atom is 0.248 e. The van der Waals surface area contributed by atoms with Crippen molar-refractivity contribution < 1.29 is 4.79 Å². The fourth-order valence-corrected chi connectivity index (χ4v) is 1.26. The molecule has 0 aliphatic rings. The van der Waals surface area contributed by atoms with E-state index in [1.807, 2.05) is 12.1 Å². The molecule has 0 radical (unpaired) electrons. The van der Waals surface area contributed by atoms with Crippen LogP contribution in [-0.4, -0.2) is 15.9 Å². The zero-order chi connectivity index (χ0) is 10.7. The SMILES string of the molecule is NC(=O)c1ccnc(-c2cccnc2)c1. The molecular formula is C11H9N3O. The molecule has 0 saturated heterocycles. The lowest BCUT2D eigenvalue weighted by atomic mass is 10.1. The Morgan fingerprint density at radius 1 is 1.27 bits per heavy atom. The summed E-state index contributed by atoms with van der Waals surface area (Å²) in [5, 5.41) is 0. The molecule has 2 rings (SSSR count). The van der Waals surface area contributed by atoms with Crippen molar-refractivity contribution in [2.24, 2.45) is 5.73 Å². The van der Waals surface area contributed by atoms with Crippen molar-refractivity contribution in [3.63, 3.8) is 0 Å². The van der Waals surface area contributed by atoms with Crippen LogP contribution in [-0.2, 0) is 0 Å². The van der Waals surface area contributed by atoms with Gasteiger partial charge in [-0.25, -0.2) is 0 Å². The third kappa shape index (κ3) is 1.99. The van der Waals surface area contributed by atoms with Crippen LogP contribution in [0.1, 0.15) is 10.4 Å². The van der Waals surface area contributed by atoms with Crippen molar-refractivity contribution in [2.75, 3.05) is 0 Å². The van der Waals surface area contributed by atoms with Crippen molar-refractivity contribution in [1.29, 1.82) is 0 Å². The van der Waals surface area contributed by atoms with Crippen molar-refractivity contribution >= 4 is 5.91 Å². The third-order valence-corrected chi connectivity index (χ3v) is 2.00. The normalized spacial score (nSPS) is 9.87. The highest BCUT2D eigenvalue weighted by atomic mass is 16.1. The number of amides is 1. The summed E-state index contributed by atoms with van der Waals surface area (Å²) < 4.78 is 0. The molecule has 0 atom stereocenters. The molecule has 2 aromatic heterocycles. The minimum absolute atomic E-state index is 0.448. The number of hydrogen-bond acceptors (Lipinski definition) is 3. The Morgan fingerprint density at radius 3 is 2.80 bits per heavy atom. The lowest BCUT2D eigenvalue weighted by Crippen LogP contribution is -2.10. The summed E-state index contributed by atoms with van der Waals surface area (Å²) in [6.45, 7) is 0. The Bertz CT molecular complexity index is 482. The van der Waals surface area contributed by atoms with Gasteiger partial charge in [0.1, 0.15) is 0 Å². The van der Waals surface area contributed by atoms with E-state index in [0.717, 1.165) is 5.56 Å². The second-order valence-corrected chi connectivity index (χ2v) is 3.04. The van der Waals surface area contributed by atoms with Crippen LogP contribution in [0.5, 0.6) is 0 Å². The van der Waals surface area contributed by atoms with Crippen LogP contribution < -0.4 is 5.73 Å². The van der Waals surface area contributed by atoms with Crippen LogP contribution in [0.3, 0.4) is 0 Å². The predicted octanol–water partition coefficient (Wildman–Crippen LogP) is 1.24. The molecule has 4 nitrogen and oxygen atoms in total. The molecule has 0 aliphatic heterocycles. The van der Waals surface area contributed by atoms with Crippen molar-refractivity contribution in [1.82, 2.24) is 9.97 Å². The van der Waals surface area contributed by atoms with E-state index < -0.39 is 5.91 Å². The number of carbonyl (C=O) groups excluding carboxylic acids is 1. The highest BCUT2D eigenvalue weighted by molar-refractivity contribution is 5.93. The van der Waals surface area contributed by atoms with Crippen LogP contribution in [0.2, 0.25) is 0 Å².